The van der Waals surface area contributed by atoms with Crippen LogP contribution in [0, 0.1) is 0 Å². The summed E-state index contributed by atoms with van der Waals surface area (Å²) in [5.74, 6) is 0.972. The van der Waals surface area contributed by atoms with Crippen LogP contribution in [-0.4, -0.2) is 43.4 Å². The number of nitrogens with zero attached hydrogens (tertiary/aromatic N) is 2. The average Bonchev–Trinajstić information content (AvgIpc) is 3.23. The van der Waals surface area contributed by atoms with Crippen LogP contribution in [0.3, 0.4) is 0 Å². The van der Waals surface area contributed by atoms with Gasteiger partial charge in [0.2, 0.25) is 0 Å². The third kappa shape index (κ3) is 3.85. The second-order valence-corrected chi connectivity index (χ2v) is 5.75. The third-order valence-corrected chi connectivity index (χ3v) is 4.00. The fraction of sp³-hybridized carbons (Fsp3) is 0.600. The van der Waals surface area contributed by atoms with E-state index in [1.54, 1.807) is 0 Å². The molecule has 0 spiro atoms. The van der Waals surface area contributed by atoms with Crippen molar-refractivity contribution >= 4 is 11.9 Å². The fourth-order valence-electron chi connectivity index (χ4n) is 2.57. The molecule has 1 saturated heterocycles. The summed E-state index contributed by atoms with van der Waals surface area (Å²) in [7, 11) is 1.39. The molecule has 2 fully saturated rings. The van der Waals surface area contributed by atoms with Gasteiger partial charge in [0.05, 0.1) is 13.2 Å². The predicted molar refractivity (Wildman–Crippen MR) is 80.3 cm³/mol. The maximum Gasteiger partial charge on any atom is 0.407 e. The molecule has 1 aliphatic carbocycles. The maximum absolute atomic E-state index is 11.2. The summed E-state index contributed by atoms with van der Waals surface area (Å²) in [6.45, 7) is 2.58. The molecule has 2 N–H and O–H groups in total. The lowest BCUT2D eigenvalue weighted by atomic mass is 10.2. The topological polar surface area (TPSA) is 66.5 Å². The Bertz CT molecular complexity index is 487. The Morgan fingerprint density at radius 3 is 2.90 bits per heavy atom. The molecule has 3 rings (SSSR count). The number of hydrogen-bond donors (Lipinski definition) is 2. The number of rotatable bonds is 5. The molecule has 1 saturated carbocycles. The van der Waals surface area contributed by atoms with Gasteiger partial charge in [0.15, 0.2) is 0 Å². The molecule has 1 unspecified atom stereocenters. The van der Waals surface area contributed by atoms with E-state index >= 15 is 0 Å². The van der Waals surface area contributed by atoms with Crippen LogP contribution in [0.15, 0.2) is 18.3 Å². The number of nitrogens with one attached hydrogen (secondary N) is 2. The summed E-state index contributed by atoms with van der Waals surface area (Å²) >= 11 is 0. The number of hydrogen-bond acceptors (Lipinski definition) is 5. The molecule has 0 bridgehead atoms. The first-order valence-electron chi connectivity index (χ1n) is 7.52. The lowest BCUT2D eigenvalue weighted by Crippen LogP contribution is -2.37. The molecular formula is C15H22N4O2. The largest absolute Gasteiger partial charge is 0.453 e. The molecule has 1 aromatic rings. The van der Waals surface area contributed by atoms with Crippen molar-refractivity contribution in [2.45, 2.75) is 37.9 Å². The van der Waals surface area contributed by atoms with Crippen molar-refractivity contribution in [2.75, 3.05) is 25.1 Å². The Balaban J connectivity index is 1.51. The minimum Gasteiger partial charge on any atom is -0.453 e. The number of carbonyl (C=O) groups is 1. The summed E-state index contributed by atoms with van der Waals surface area (Å²) in [6.07, 6.45) is 5.09. The minimum absolute atomic E-state index is 0.135. The molecule has 2 heterocycles. The van der Waals surface area contributed by atoms with Gasteiger partial charge < -0.3 is 20.3 Å². The van der Waals surface area contributed by atoms with Gasteiger partial charge in [0, 0.05) is 31.9 Å². The van der Waals surface area contributed by atoms with Crippen LogP contribution in [0.1, 0.15) is 24.8 Å². The first-order chi connectivity index (χ1) is 10.2. The van der Waals surface area contributed by atoms with Gasteiger partial charge in [-0.1, -0.05) is 6.07 Å². The number of alkyl carbamates (subject to hydrolysis) is 1. The van der Waals surface area contributed by atoms with Crippen molar-refractivity contribution in [1.29, 1.82) is 0 Å². The normalized spacial score (nSPS) is 21.4. The van der Waals surface area contributed by atoms with Crippen molar-refractivity contribution in [3.63, 3.8) is 0 Å². The average molecular weight is 290 g/mol. The first-order valence-corrected chi connectivity index (χ1v) is 7.52. The van der Waals surface area contributed by atoms with E-state index in [2.05, 4.69) is 37.4 Å². The van der Waals surface area contributed by atoms with Gasteiger partial charge >= 0.3 is 6.09 Å². The van der Waals surface area contributed by atoms with Crippen LogP contribution < -0.4 is 15.5 Å². The van der Waals surface area contributed by atoms with Crippen LogP contribution in [-0.2, 0) is 11.3 Å². The number of pyridine rings is 1. The summed E-state index contributed by atoms with van der Waals surface area (Å²) in [5.41, 5.74) is 1.22. The van der Waals surface area contributed by atoms with E-state index in [1.807, 2.05) is 6.20 Å². The number of carbonyl (C=O) groups excluding carboxylic acids is 1. The number of aromatic nitrogens is 1. The smallest absolute Gasteiger partial charge is 0.407 e. The zero-order valence-electron chi connectivity index (χ0n) is 12.3. The van der Waals surface area contributed by atoms with E-state index < -0.39 is 0 Å². The van der Waals surface area contributed by atoms with Gasteiger partial charge in [-0.3, -0.25) is 0 Å². The summed E-state index contributed by atoms with van der Waals surface area (Å²) in [5, 5.41) is 6.32. The second-order valence-electron chi connectivity index (χ2n) is 5.75. The Morgan fingerprint density at radius 1 is 1.38 bits per heavy atom. The van der Waals surface area contributed by atoms with Crippen LogP contribution >= 0.6 is 0 Å². The number of anilines is 1. The lowest BCUT2D eigenvalue weighted by molar-refractivity contribution is 0.167. The Kier molecular flexibility index (Phi) is 4.24. The monoisotopic (exact) mass is 290 g/mol. The van der Waals surface area contributed by atoms with Gasteiger partial charge in [0.25, 0.3) is 0 Å². The Labute approximate surface area is 124 Å². The molecule has 2 aliphatic rings. The van der Waals surface area contributed by atoms with Crippen molar-refractivity contribution in [3.05, 3.63) is 23.9 Å². The lowest BCUT2D eigenvalue weighted by Gasteiger charge is -2.18. The summed E-state index contributed by atoms with van der Waals surface area (Å²) in [6, 6.07) is 5.03. The Hall–Kier alpha value is -1.82. The molecule has 1 atom stereocenters. The van der Waals surface area contributed by atoms with Crippen molar-refractivity contribution < 1.29 is 9.53 Å². The molecular weight excluding hydrogens is 268 g/mol. The zero-order chi connectivity index (χ0) is 14.7. The predicted octanol–water partition coefficient (Wildman–Crippen LogP) is 1.27. The number of amides is 1. The quantitative estimate of drug-likeness (QED) is 0.855. The van der Waals surface area contributed by atoms with Crippen molar-refractivity contribution in [1.82, 2.24) is 15.6 Å². The molecule has 114 valence electrons. The maximum atomic E-state index is 11.2. The fourth-order valence-corrected chi connectivity index (χ4v) is 2.57. The SMILES string of the molecule is COC(=O)NC1CCN(c2ccc(CNC3CC3)cn2)C1. The molecule has 21 heavy (non-hydrogen) atoms. The molecule has 1 aliphatic heterocycles. The third-order valence-electron chi connectivity index (χ3n) is 4.00. The minimum atomic E-state index is -0.365. The first kappa shape index (κ1) is 14.1. The van der Waals surface area contributed by atoms with Crippen molar-refractivity contribution in [2.24, 2.45) is 0 Å². The molecule has 6 heteroatoms. The molecule has 1 amide bonds. The summed E-state index contributed by atoms with van der Waals surface area (Å²) < 4.78 is 4.63. The molecule has 6 nitrogen and oxygen atoms in total. The van der Waals surface area contributed by atoms with E-state index in [-0.39, 0.29) is 12.1 Å². The van der Waals surface area contributed by atoms with E-state index in [0.29, 0.717) is 6.04 Å². The standard InChI is InChI=1S/C15H22N4O2/c1-21-15(20)18-13-6-7-19(10-13)14-5-2-11(9-17-14)8-16-12-3-4-12/h2,5,9,12-13,16H,3-4,6-8,10H2,1H3,(H,18,20). The molecule has 0 radical (unpaired) electrons. The number of ether oxygens (including phenoxy) is 1. The van der Waals surface area contributed by atoms with E-state index in [1.165, 1.54) is 25.5 Å². The highest BCUT2D eigenvalue weighted by Gasteiger charge is 2.25. The van der Waals surface area contributed by atoms with Gasteiger partial charge in [-0.25, -0.2) is 9.78 Å². The van der Waals surface area contributed by atoms with Crippen LogP contribution in [0.5, 0.6) is 0 Å². The highest BCUT2D eigenvalue weighted by molar-refractivity contribution is 5.67. The van der Waals surface area contributed by atoms with Gasteiger partial charge in [-0.15, -0.1) is 0 Å². The van der Waals surface area contributed by atoms with Crippen LogP contribution in [0.2, 0.25) is 0 Å². The van der Waals surface area contributed by atoms with Crippen molar-refractivity contribution in [3.8, 4) is 0 Å². The summed E-state index contributed by atoms with van der Waals surface area (Å²) in [4.78, 5) is 17.9. The Morgan fingerprint density at radius 2 is 2.24 bits per heavy atom. The number of methoxy groups -OCH3 is 1. The molecule has 0 aromatic carbocycles. The van der Waals surface area contributed by atoms with E-state index in [9.17, 15) is 4.79 Å². The second kappa shape index (κ2) is 6.30. The van der Waals surface area contributed by atoms with Crippen LogP contribution in [0.4, 0.5) is 10.6 Å². The van der Waals surface area contributed by atoms with Crippen LogP contribution in [0.25, 0.3) is 0 Å². The highest BCUT2D eigenvalue weighted by Crippen LogP contribution is 2.20. The van der Waals surface area contributed by atoms with E-state index in [4.69, 9.17) is 0 Å². The van der Waals surface area contributed by atoms with Gasteiger partial charge in [0.1, 0.15) is 5.82 Å². The zero-order valence-corrected chi connectivity index (χ0v) is 12.3. The van der Waals surface area contributed by atoms with Gasteiger partial charge in [-0.05, 0) is 30.9 Å². The van der Waals surface area contributed by atoms with E-state index in [0.717, 1.165) is 31.9 Å². The molecule has 1 aromatic heterocycles. The highest BCUT2D eigenvalue weighted by atomic mass is 16.5. The van der Waals surface area contributed by atoms with Gasteiger partial charge in [-0.2, -0.15) is 0 Å².